The van der Waals surface area contributed by atoms with Gasteiger partial charge in [-0.2, -0.15) is 20.1 Å². The molecule has 0 spiro atoms. The van der Waals surface area contributed by atoms with Crippen molar-refractivity contribution in [3.8, 4) is 11.5 Å². The summed E-state index contributed by atoms with van der Waals surface area (Å²) < 4.78 is 25.4. The minimum atomic E-state index is -0.435. The predicted molar refractivity (Wildman–Crippen MR) is 151 cm³/mol. The minimum Gasteiger partial charge on any atom is -0.493 e. The normalized spacial score (nSPS) is 13.1. The van der Waals surface area contributed by atoms with Crippen LogP contribution in [-0.2, 0) is 6.61 Å². The minimum absolute atomic E-state index is 0.0535. The molecule has 0 bridgehead atoms. The highest BCUT2D eigenvalue weighted by Crippen LogP contribution is 2.30. The topological polar surface area (TPSA) is 96.8 Å². The number of nitrogens with zero attached hydrogens (tertiary/aromatic N) is 5. The molecule has 1 aliphatic heterocycles. The molecule has 0 radical (unpaired) electrons. The average molecular weight is 548 g/mol. The fourth-order valence-corrected chi connectivity index (χ4v) is 4.27. The number of rotatable bonds is 10. The molecular formula is C28H27ClFN7O2. The first kappa shape index (κ1) is 26.2. The van der Waals surface area contributed by atoms with Crippen LogP contribution >= 0.6 is 11.6 Å². The van der Waals surface area contributed by atoms with Crippen LogP contribution in [0.3, 0.4) is 0 Å². The Hall–Kier alpha value is -4.44. The maximum Gasteiger partial charge on any atom is 0.250 e. The van der Waals surface area contributed by atoms with E-state index in [1.54, 1.807) is 30.5 Å². The number of hydrogen-bond acceptors (Lipinski definition) is 9. The van der Waals surface area contributed by atoms with E-state index in [0.29, 0.717) is 34.4 Å². The molecular weight excluding hydrogens is 521 g/mol. The van der Waals surface area contributed by atoms with E-state index < -0.39 is 5.82 Å². The lowest BCUT2D eigenvalue weighted by atomic mass is 10.2. The number of nitrogens with one attached hydrogen (secondary N) is 2. The molecule has 1 aliphatic rings. The maximum atomic E-state index is 14.2. The molecule has 0 saturated carbocycles. The molecule has 2 heterocycles. The molecule has 200 valence electrons. The molecule has 2 N–H and O–H groups in total. The van der Waals surface area contributed by atoms with Gasteiger partial charge in [0.25, 0.3) is 0 Å². The number of halogens is 2. The zero-order chi connectivity index (χ0) is 27.0. The van der Waals surface area contributed by atoms with E-state index in [-0.39, 0.29) is 12.2 Å². The second-order valence-electron chi connectivity index (χ2n) is 8.74. The molecule has 0 unspecified atom stereocenters. The van der Waals surface area contributed by atoms with E-state index in [1.165, 1.54) is 13.2 Å². The van der Waals surface area contributed by atoms with Gasteiger partial charge >= 0.3 is 0 Å². The van der Waals surface area contributed by atoms with E-state index in [4.69, 9.17) is 21.1 Å². The monoisotopic (exact) mass is 547 g/mol. The van der Waals surface area contributed by atoms with Crippen molar-refractivity contribution in [2.45, 2.75) is 19.4 Å². The molecule has 0 aliphatic carbocycles. The van der Waals surface area contributed by atoms with E-state index in [2.05, 4.69) is 35.7 Å². The molecule has 1 aromatic heterocycles. The van der Waals surface area contributed by atoms with Crippen LogP contribution in [-0.4, -0.2) is 41.4 Å². The standard InChI is InChI=1S/C28H27ClFN7O2/c1-38-24-13-12-19(16-25(24)39-18-21-22(29)10-7-11-23(21)30)17-31-36-27-33-26(32-20-8-3-2-4-9-20)34-28(35-27)37-14-5-6-15-37/h2-4,7-13,16-17H,5-6,14-15,18H2,1H3,(H2,32,33,34,35,36)/b31-17-. The lowest BCUT2D eigenvalue weighted by Gasteiger charge is -2.16. The van der Waals surface area contributed by atoms with Crippen LogP contribution in [0.5, 0.6) is 11.5 Å². The fraction of sp³-hybridized carbons (Fsp3) is 0.214. The lowest BCUT2D eigenvalue weighted by Crippen LogP contribution is -2.21. The Bertz CT molecular complexity index is 1430. The van der Waals surface area contributed by atoms with Gasteiger partial charge in [-0.3, -0.25) is 0 Å². The smallest absolute Gasteiger partial charge is 0.250 e. The molecule has 39 heavy (non-hydrogen) atoms. The van der Waals surface area contributed by atoms with Crippen LogP contribution in [0.1, 0.15) is 24.0 Å². The Balaban J connectivity index is 1.32. The molecule has 0 amide bonds. The third kappa shape index (κ3) is 6.71. The molecule has 1 saturated heterocycles. The summed E-state index contributed by atoms with van der Waals surface area (Å²) >= 11 is 6.13. The van der Waals surface area contributed by atoms with Crippen molar-refractivity contribution in [1.82, 2.24) is 15.0 Å². The predicted octanol–water partition coefficient (Wildman–Crippen LogP) is 6.04. The van der Waals surface area contributed by atoms with Gasteiger partial charge in [0.15, 0.2) is 11.5 Å². The number of aromatic nitrogens is 3. The molecule has 11 heteroatoms. The second-order valence-corrected chi connectivity index (χ2v) is 9.14. The number of benzene rings is 3. The number of anilines is 4. The number of methoxy groups -OCH3 is 1. The maximum absolute atomic E-state index is 14.2. The van der Waals surface area contributed by atoms with Crippen molar-refractivity contribution in [1.29, 1.82) is 0 Å². The van der Waals surface area contributed by atoms with E-state index in [9.17, 15) is 4.39 Å². The first-order valence-corrected chi connectivity index (χ1v) is 12.8. The highest BCUT2D eigenvalue weighted by atomic mass is 35.5. The van der Waals surface area contributed by atoms with Crippen LogP contribution in [0, 0.1) is 5.82 Å². The molecule has 4 aromatic rings. The largest absolute Gasteiger partial charge is 0.493 e. The first-order chi connectivity index (χ1) is 19.1. The summed E-state index contributed by atoms with van der Waals surface area (Å²) in [7, 11) is 1.54. The van der Waals surface area contributed by atoms with Gasteiger partial charge in [0.2, 0.25) is 17.8 Å². The fourth-order valence-electron chi connectivity index (χ4n) is 4.05. The lowest BCUT2D eigenvalue weighted by molar-refractivity contribution is 0.280. The van der Waals surface area contributed by atoms with Crippen LogP contribution in [0.25, 0.3) is 0 Å². The summed E-state index contributed by atoms with van der Waals surface area (Å²) in [6.07, 6.45) is 3.80. The SMILES string of the molecule is COc1ccc(/C=N\Nc2nc(Nc3ccccc3)nc(N3CCCC3)n2)cc1OCc1c(F)cccc1Cl. The Kier molecular flexibility index (Phi) is 8.33. The number of hydrazone groups is 1. The summed E-state index contributed by atoms with van der Waals surface area (Å²) in [5.41, 5.74) is 4.76. The van der Waals surface area contributed by atoms with Crippen molar-refractivity contribution in [3.05, 3.63) is 88.7 Å². The number of ether oxygens (including phenoxy) is 2. The zero-order valence-corrected chi connectivity index (χ0v) is 22.0. The van der Waals surface area contributed by atoms with Gasteiger partial charge in [0.05, 0.1) is 18.3 Å². The van der Waals surface area contributed by atoms with E-state index >= 15 is 0 Å². The van der Waals surface area contributed by atoms with E-state index in [1.807, 2.05) is 36.4 Å². The van der Waals surface area contributed by atoms with Crippen molar-refractivity contribution >= 4 is 41.3 Å². The van der Waals surface area contributed by atoms with Gasteiger partial charge in [-0.15, -0.1) is 0 Å². The van der Waals surface area contributed by atoms with Gasteiger partial charge < -0.3 is 19.7 Å². The summed E-state index contributed by atoms with van der Waals surface area (Å²) in [6, 6.07) is 19.5. The van der Waals surface area contributed by atoms with Gasteiger partial charge in [0, 0.05) is 24.3 Å². The highest BCUT2D eigenvalue weighted by molar-refractivity contribution is 6.31. The second kappa shape index (κ2) is 12.4. The van der Waals surface area contributed by atoms with Crippen LogP contribution in [0.2, 0.25) is 5.02 Å². The van der Waals surface area contributed by atoms with Crippen molar-refractivity contribution in [2.24, 2.45) is 5.10 Å². The molecule has 1 fully saturated rings. The Morgan fingerprint density at radius 2 is 1.77 bits per heavy atom. The van der Waals surface area contributed by atoms with E-state index in [0.717, 1.165) is 37.2 Å². The third-order valence-corrected chi connectivity index (χ3v) is 6.40. The summed E-state index contributed by atoms with van der Waals surface area (Å²) in [5, 5.41) is 7.84. The Labute approximate surface area is 230 Å². The van der Waals surface area contributed by atoms with Crippen molar-refractivity contribution in [2.75, 3.05) is 35.8 Å². The van der Waals surface area contributed by atoms with Gasteiger partial charge in [-0.25, -0.2) is 9.82 Å². The highest BCUT2D eigenvalue weighted by Gasteiger charge is 2.17. The van der Waals surface area contributed by atoms with Gasteiger partial charge in [-0.1, -0.05) is 35.9 Å². The van der Waals surface area contributed by atoms with Crippen LogP contribution in [0.15, 0.2) is 71.8 Å². The van der Waals surface area contributed by atoms with Crippen molar-refractivity contribution in [3.63, 3.8) is 0 Å². The van der Waals surface area contributed by atoms with Crippen molar-refractivity contribution < 1.29 is 13.9 Å². The molecule has 3 aromatic carbocycles. The quantitative estimate of drug-likeness (QED) is 0.183. The number of hydrogen-bond donors (Lipinski definition) is 2. The summed E-state index contributed by atoms with van der Waals surface area (Å²) in [6.45, 7) is 1.73. The molecule has 5 rings (SSSR count). The molecule has 9 nitrogen and oxygen atoms in total. The number of para-hydroxylation sites is 1. The third-order valence-electron chi connectivity index (χ3n) is 6.04. The molecule has 0 atom stereocenters. The van der Waals surface area contributed by atoms with Crippen LogP contribution < -0.4 is 25.1 Å². The Morgan fingerprint density at radius 3 is 2.54 bits per heavy atom. The Morgan fingerprint density at radius 1 is 0.974 bits per heavy atom. The summed E-state index contributed by atoms with van der Waals surface area (Å²) in [4.78, 5) is 15.8. The zero-order valence-electron chi connectivity index (χ0n) is 21.3. The van der Waals surface area contributed by atoms with Gasteiger partial charge in [0.1, 0.15) is 12.4 Å². The average Bonchev–Trinajstić information content (AvgIpc) is 3.49. The van der Waals surface area contributed by atoms with Gasteiger partial charge in [-0.05, 0) is 60.9 Å². The first-order valence-electron chi connectivity index (χ1n) is 12.4. The summed E-state index contributed by atoms with van der Waals surface area (Å²) in [5.74, 6) is 1.80. The van der Waals surface area contributed by atoms with Crippen LogP contribution in [0.4, 0.5) is 27.9 Å².